The van der Waals surface area contributed by atoms with E-state index in [1.165, 1.54) is 16.7 Å². The van der Waals surface area contributed by atoms with Gasteiger partial charge >= 0.3 is 0 Å². The zero-order valence-electron chi connectivity index (χ0n) is 17.0. The number of piperazine rings is 1. The molecular weight excluding hydrogens is 346 g/mol. The van der Waals surface area contributed by atoms with E-state index in [0.29, 0.717) is 6.42 Å². The fourth-order valence-corrected chi connectivity index (χ4v) is 3.63. The highest BCUT2D eigenvalue weighted by Gasteiger charge is 2.16. The van der Waals surface area contributed by atoms with Crippen molar-refractivity contribution in [2.45, 2.75) is 20.3 Å². The van der Waals surface area contributed by atoms with Crippen LogP contribution in [0.1, 0.15) is 23.1 Å². The van der Waals surface area contributed by atoms with E-state index in [1.54, 1.807) is 0 Å². The van der Waals surface area contributed by atoms with Crippen molar-refractivity contribution in [3.63, 3.8) is 0 Å². The van der Waals surface area contributed by atoms with Gasteiger partial charge < -0.3 is 10.2 Å². The standard InChI is InChI=1S/C24H31N3O/c1-20-17-21(2)19-23(18-20)25-24(28)10-12-27-15-13-26(14-16-27)11-6-9-22-7-4-3-5-8-22/h3-9,17-19H,10-16H2,1-2H3,(H,25,28). The number of hydrogen-bond acceptors (Lipinski definition) is 3. The quantitative estimate of drug-likeness (QED) is 0.793. The Balaban J connectivity index is 1.35. The van der Waals surface area contributed by atoms with Gasteiger partial charge in [0.15, 0.2) is 0 Å². The number of amides is 1. The molecule has 0 unspecified atom stereocenters. The maximum atomic E-state index is 12.3. The van der Waals surface area contributed by atoms with Crippen LogP contribution in [0.4, 0.5) is 5.69 Å². The first-order valence-electron chi connectivity index (χ1n) is 10.1. The normalized spacial score (nSPS) is 15.8. The average molecular weight is 378 g/mol. The summed E-state index contributed by atoms with van der Waals surface area (Å²) >= 11 is 0. The number of anilines is 1. The molecule has 1 aliphatic heterocycles. The van der Waals surface area contributed by atoms with Gasteiger partial charge in [0.25, 0.3) is 0 Å². The van der Waals surface area contributed by atoms with Crippen molar-refractivity contribution < 1.29 is 4.79 Å². The average Bonchev–Trinajstić information content (AvgIpc) is 2.67. The number of carbonyl (C=O) groups is 1. The maximum Gasteiger partial charge on any atom is 0.225 e. The SMILES string of the molecule is Cc1cc(C)cc(NC(=O)CCN2CCN(CC=Cc3ccccc3)CC2)c1. The molecule has 4 nitrogen and oxygen atoms in total. The van der Waals surface area contributed by atoms with Crippen molar-refractivity contribution in [1.82, 2.24) is 9.80 Å². The Morgan fingerprint density at radius 1 is 0.964 bits per heavy atom. The number of hydrogen-bond donors (Lipinski definition) is 1. The van der Waals surface area contributed by atoms with Crippen LogP contribution < -0.4 is 5.32 Å². The predicted octanol–water partition coefficient (Wildman–Crippen LogP) is 3.96. The summed E-state index contributed by atoms with van der Waals surface area (Å²) in [5.74, 6) is 0.0956. The molecule has 0 atom stereocenters. The summed E-state index contributed by atoms with van der Waals surface area (Å²) in [6.07, 6.45) is 4.97. The van der Waals surface area contributed by atoms with Gasteiger partial charge in [0, 0.05) is 51.4 Å². The van der Waals surface area contributed by atoms with Crippen LogP contribution in [-0.4, -0.2) is 55.0 Å². The van der Waals surface area contributed by atoms with Crippen LogP contribution in [0.2, 0.25) is 0 Å². The van der Waals surface area contributed by atoms with Crippen molar-refractivity contribution in [1.29, 1.82) is 0 Å². The van der Waals surface area contributed by atoms with Crippen LogP contribution in [0.15, 0.2) is 54.6 Å². The van der Waals surface area contributed by atoms with E-state index in [1.807, 2.05) is 18.2 Å². The Labute approximate surface area is 168 Å². The van der Waals surface area contributed by atoms with Crippen LogP contribution in [0, 0.1) is 13.8 Å². The number of nitrogens with zero attached hydrogens (tertiary/aromatic N) is 2. The van der Waals surface area contributed by atoms with Crippen LogP contribution in [-0.2, 0) is 4.79 Å². The van der Waals surface area contributed by atoms with E-state index >= 15 is 0 Å². The minimum Gasteiger partial charge on any atom is -0.326 e. The third kappa shape index (κ3) is 6.63. The van der Waals surface area contributed by atoms with Crippen molar-refractivity contribution in [2.75, 3.05) is 44.6 Å². The van der Waals surface area contributed by atoms with E-state index in [-0.39, 0.29) is 5.91 Å². The van der Waals surface area contributed by atoms with Crippen molar-refractivity contribution in [3.8, 4) is 0 Å². The third-order valence-electron chi connectivity index (χ3n) is 5.10. The van der Waals surface area contributed by atoms with Gasteiger partial charge in [-0.05, 0) is 42.7 Å². The van der Waals surface area contributed by atoms with E-state index in [9.17, 15) is 4.79 Å². The molecule has 0 aliphatic carbocycles. The number of benzene rings is 2. The van der Waals surface area contributed by atoms with Gasteiger partial charge in [-0.1, -0.05) is 48.6 Å². The van der Waals surface area contributed by atoms with E-state index < -0.39 is 0 Å². The lowest BCUT2D eigenvalue weighted by Crippen LogP contribution is -2.46. The molecule has 1 aliphatic rings. The number of carbonyl (C=O) groups excluding carboxylic acids is 1. The lowest BCUT2D eigenvalue weighted by Gasteiger charge is -2.34. The van der Waals surface area contributed by atoms with Gasteiger partial charge in [-0.15, -0.1) is 0 Å². The molecular formula is C24H31N3O. The molecule has 1 fully saturated rings. The Hall–Kier alpha value is -2.43. The first kappa shape index (κ1) is 20.3. The lowest BCUT2D eigenvalue weighted by molar-refractivity contribution is -0.116. The third-order valence-corrected chi connectivity index (χ3v) is 5.10. The Kier molecular flexibility index (Phi) is 7.40. The lowest BCUT2D eigenvalue weighted by atomic mass is 10.1. The van der Waals surface area contributed by atoms with Gasteiger partial charge in [0.2, 0.25) is 5.91 Å². The molecule has 0 radical (unpaired) electrons. The second kappa shape index (κ2) is 10.2. The summed E-state index contributed by atoms with van der Waals surface area (Å²) in [7, 11) is 0. The van der Waals surface area contributed by atoms with Crippen molar-refractivity contribution >= 4 is 17.7 Å². The molecule has 3 rings (SSSR count). The Morgan fingerprint density at radius 3 is 2.29 bits per heavy atom. The highest BCUT2D eigenvalue weighted by Crippen LogP contribution is 2.14. The fourth-order valence-electron chi connectivity index (χ4n) is 3.63. The zero-order valence-corrected chi connectivity index (χ0v) is 17.0. The maximum absolute atomic E-state index is 12.3. The zero-order chi connectivity index (χ0) is 19.8. The van der Waals surface area contributed by atoms with Crippen LogP contribution in [0.25, 0.3) is 6.08 Å². The minimum atomic E-state index is 0.0956. The van der Waals surface area contributed by atoms with Gasteiger partial charge in [0.05, 0.1) is 0 Å². The summed E-state index contributed by atoms with van der Waals surface area (Å²) < 4.78 is 0. The molecule has 1 N–H and O–H groups in total. The highest BCUT2D eigenvalue weighted by atomic mass is 16.1. The highest BCUT2D eigenvalue weighted by molar-refractivity contribution is 5.91. The molecule has 0 bridgehead atoms. The molecule has 0 aromatic heterocycles. The van der Waals surface area contributed by atoms with Gasteiger partial charge in [-0.3, -0.25) is 9.69 Å². The van der Waals surface area contributed by atoms with Crippen LogP contribution >= 0.6 is 0 Å². The molecule has 28 heavy (non-hydrogen) atoms. The number of aryl methyl sites for hydroxylation is 2. The smallest absolute Gasteiger partial charge is 0.225 e. The summed E-state index contributed by atoms with van der Waals surface area (Å²) in [6.45, 7) is 10.1. The van der Waals surface area contributed by atoms with Crippen LogP contribution in [0.3, 0.4) is 0 Å². The second-order valence-corrected chi connectivity index (χ2v) is 7.63. The summed E-state index contributed by atoms with van der Waals surface area (Å²) in [4.78, 5) is 17.1. The van der Waals surface area contributed by atoms with Gasteiger partial charge in [-0.25, -0.2) is 0 Å². The van der Waals surface area contributed by atoms with Gasteiger partial charge in [-0.2, -0.15) is 0 Å². The topological polar surface area (TPSA) is 35.6 Å². The number of rotatable bonds is 7. The van der Waals surface area contributed by atoms with E-state index in [4.69, 9.17) is 0 Å². The van der Waals surface area contributed by atoms with Crippen LogP contribution in [0.5, 0.6) is 0 Å². The van der Waals surface area contributed by atoms with Gasteiger partial charge in [0.1, 0.15) is 0 Å². The molecule has 0 spiro atoms. The largest absolute Gasteiger partial charge is 0.326 e. The first-order valence-corrected chi connectivity index (χ1v) is 10.1. The van der Waals surface area contributed by atoms with E-state index in [0.717, 1.165) is 45.0 Å². The molecule has 148 valence electrons. The molecule has 2 aromatic carbocycles. The molecule has 2 aromatic rings. The molecule has 1 heterocycles. The summed E-state index contributed by atoms with van der Waals surface area (Å²) in [5, 5.41) is 3.03. The molecule has 4 heteroatoms. The molecule has 1 saturated heterocycles. The minimum absolute atomic E-state index is 0.0956. The van der Waals surface area contributed by atoms with Crippen molar-refractivity contribution in [3.05, 3.63) is 71.3 Å². The predicted molar refractivity (Wildman–Crippen MR) is 118 cm³/mol. The monoisotopic (exact) mass is 377 g/mol. The Bertz CT molecular complexity index is 773. The first-order chi connectivity index (χ1) is 13.6. The summed E-state index contributed by atoms with van der Waals surface area (Å²) in [6, 6.07) is 16.6. The molecule has 0 saturated carbocycles. The summed E-state index contributed by atoms with van der Waals surface area (Å²) in [5.41, 5.74) is 4.49. The van der Waals surface area contributed by atoms with E-state index in [2.05, 4.69) is 71.4 Å². The second-order valence-electron chi connectivity index (χ2n) is 7.63. The number of nitrogens with one attached hydrogen (secondary N) is 1. The van der Waals surface area contributed by atoms with Crippen molar-refractivity contribution in [2.24, 2.45) is 0 Å². The molecule has 1 amide bonds. The fraction of sp³-hybridized carbons (Fsp3) is 0.375. The Morgan fingerprint density at radius 2 is 1.61 bits per heavy atom.